The fraction of sp³-hybridized carbons (Fsp3) is 0.556. The first kappa shape index (κ1) is 10.3. The van der Waals surface area contributed by atoms with Crippen molar-refractivity contribution in [2.24, 2.45) is 0 Å². The molecule has 0 bridgehead atoms. The standard InChI is InChI=1S/C9H14ClN3/c1-3-5-7-6-8(10)13-9(12-7)11-4-2/h6H,3-5H2,1-2H3,(H,11,12,13). The van der Waals surface area contributed by atoms with Crippen LogP contribution in [0, 0.1) is 0 Å². The van der Waals surface area contributed by atoms with E-state index in [0.717, 1.165) is 25.1 Å². The van der Waals surface area contributed by atoms with Crippen LogP contribution >= 0.6 is 11.6 Å². The van der Waals surface area contributed by atoms with Gasteiger partial charge in [0.15, 0.2) is 0 Å². The SMILES string of the molecule is CCCc1cc(Cl)nc(NCC)n1. The molecule has 1 heterocycles. The lowest BCUT2D eigenvalue weighted by molar-refractivity contribution is 0.872. The summed E-state index contributed by atoms with van der Waals surface area (Å²) < 4.78 is 0. The topological polar surface area (TPSA) is 37.8 Å². The van der Waals surface area contributed by atoms with Gasteiger partial charge >= 0.3 is 0 Å². The van der Waals surface area contributed by atoms with E-state index in [9.17, 15) is 0 Å². The molecule has 0 aliphatic heterocycles. The highest BCUT2D eigenvalue weighted by Gasteiger charge is 2.00. The third-order valence-electron chi connectivity index (χ3n) is 1.59. The van der Waals surface area contributed by atoms with Gasteiger partial charge in [0, 0.05) is 12.2 Å². The Kier molecular flexibility index (Phi) is 3.96. The number of rotatable bonds is 4. The zero-order chi connectivity index (χ0) is 9.68. The van der Waals surface area contributed by atoms with E-state index in [1.807, 2.05) is 13.0 Å². The second-order valence-corrected chi connectivity index (χ2v) is 3.17. The molecule has 3 nitrogen and oxygen atoms in total. The van der Waals surface area contributed by atoms with Crippen LogP contribution < -0.4 is 5.32 Å². The van der Waals surface area contributed by atoms with Gasteiger partial charge in [-0.2, -0.15) is 0 Å². The van der Waals surface area contributed by atoms with Crippen molar-refractivity contribution in [2.75, 3.05) is 11.9 Å². The maximum Gasteiger partial charge on any atom is 0.224 e. The predicted octanol–water partition coefficient (Wildman–Crippen LogP) is 2.51. The number of nitrogens with one attached hydrogen (secondary N) is 1. The molecule has 1 aromatic rings. The van der Waals surface area contributed by atoms with Crippen molar-refractivity contribution in [3.05, 3.63) is 16.9 Å². The van der Waals surface area contributed by atoms with E-state index < -0.39 is 0 Å². The summed E-state index contributed by atoms with van der Waals surface area (Å²) in [6, 6.07) is 1.81. The van der Waals surface area contributed by atoms with Crippen LogP contribution in [0.1, 0.15) is 26.0 Å². The number of aryl methyl sites for hydroxylation is 1. The van der Waals surface area contributed by atoms with E-state index in [1.165, 1.54) is 0 Å². The molecule has 13 heavy (non-hydrogen) atoms. The smallest absolute Gasteiger partial charge is 0.224 e. The Hall–Kier alpha value is -0.830. The maximum atomic E-state index is 5.83. The first-order chi connectivity index (χ1) is 6.26. The molecule has 0 aliphatic rings. The molecule has 0 atom stereocenters. The van der Waals surface area contributed by atoms with Gasteiger partial charge in [-0.3, -0.25) is 0 Å². The highest BCUT2D eigenvalue weighted by atomic mass is 35.5. The zero-order valence-corrected chi connectivity index (χ0v) is 8.73. The summed E-state index contributed by atoms with van der Waals surface area (Å²) in [5, 5.41) is 3.55. The highest BCUT2D eigenvalue weighted by Crippen LogP contribution is 2.11. The fourth-order valence-corrected chi connectivity index (χ4v) is 1.29. The van der Waals surface area contributed by atoms with E-state index in [2.05, 4.69) is 22.2 Å². The average molecular weight is 200 g/mol. The molecule has 0 fully saturated rings. The molecule has 72 valence electrons. The van der Waals surface area contributed by atoms with E-state index in [4.69, 9.17) is 11.6 Å². The van der Waals surface area contributed by atoms with Gasteiger partial charge in [0.05, 0.1) is 0 Å². The molecule has 1 aromatic heterocycles. The van der Waals surface area contributed by atoms with Crippen LogP contribution in [0.2, 0.25) is 5.15 Å². The van der Waals surface area contributed by atoms with Gasteiger partial charge < -0.3 is 5.32 Å². The van der Waals surface area contributed by atoms with Gasteiger partial charge in [0.25, 0.3) is 0 Å². The van der Waals surface area contributed by atoms with Gasteiger partial charge in [0.2, 0.25) is 5.95 Å². The number of nitrogens with zero attached hydrogens (tertiary/aromatic N) is 2. The number of hydrogen-bond donors (Lipinski definition) is 1. The van der Waals surface area contributed by atoms with Crippen molar-refractivity contribution in [2.45, 2.75) is 26.7 Å². The first-order valence-electron chi connectivity index (χ1n) is 4.53. The van der Waals surface area contributed by atoms with E-state index in [-0.39, 0.29) is 0 Å². The summed E-state index contributed by atoms with van der Waals surface area (Å²) in [7, 11) is 0. The number of hydrogen-bond acceptors (Lipinski definition) is 3. The summed E-state index contributed by atoms with van der Waals surface area (Å²) in [5.41, 5.74) is 0.999. The molecule has 4 heteroatoms. The van der Waals surface area contributed by atoms with Crippen LogP contribution in [-0.2, 0) is 6.42 Å². The first-order valence-corrected chi connectivity index (χ1v) is 4.91. The third kappa shape index (κ3) is 3.19. The number of anilines is 1. The number of halogens is 1. The molecular formula is C9H14ClN3. The van der Waals surface area contributed by atoms with Crippen molar-refractivity contribution in [3.63, 3.8) is 0 Å². The highest BCUT2D eigenvalue weighted by molar-refractivity contribution is 6.29. The molecule has 0 radical (unpaired) electrons. The lowest BCUT2D eigenvalue weighted by Gasteiger charge is -2.04. The van der Waals surface area contributed by atoms with Gasteiger partial charge in [-0.15, -0.1) is 0 Å². The van der Waals surface area contributed by atoms with Crippen molar-refractivity contribution < 1.29 is 0 Å². The van der Waals surface area contributed by atoms with Crippen molar-refractivity contribution >= 4 is 17.5 Å². The molecule has 0 aliphatic carbocycles. The van der Waals surface area contributed by atoms with Gasteiger partial charge in [0.1, 0.15) is 5.15 Å². The molecule has 1 N–H and O–H groups in total. The van der Waals surface area contributed by atoms with Crippen LogP contribution in [-0.4, -0.2) is 16.5 Å². The van der Waals surface area contributed by atoms with E-state index >= 15 is 0 Å². The summed E-state index contributed by atoms with van der Waals surface area (Å²) >= 11 is 5.83. The van der Waals surface area contributed by atoms with Crippen LogP contribution in [0.4, 0.5) is 5.95 Å². The lowest BCUT2D eigenvalue weighted by atomic mass is 10.2. The van der Waals surface area contributed by atoms with Gasteiger partial charge in [-0.1, -0.05) is 24.9 Å². The second kappa shape index (κ2) is 5.02. The Balaban J connectivity index is 2.83. The normalized spacial score (nSPS) is 10.1. The molecule has 0 amide bonds. The van der Waals surface area contributed by atoms with E-state index in [0.29, 0.717) is 11.1 Å². The summed E-state index contributed by atoms with van der Waals surface area (Å²) in [5.74, 6) is 0.624. The minimum Gasteiger partial charge on any atom is -0.354 e. The largest absolute Gasteiger partial charge is 0.354 e. The Morgan fingerprint density at radius 3 is 2.77 bits per heavy atom. The molecule has 1 rings (SSSR count). The Morgan fingerprint density at radius 1 is 1.38 bits per heavy atom. The predicted molar refractivity (Wildman–Crippen MR) is 55.2 cm³/mol. The van der Waals surface area contributed by atoms with E-state index in [1.54, 1.807) is 0 Å². The third-order valence-corrected chi connectivity index (χ3v) is 1.78. The van der Waals surface area contributed by atoms with Crippen molar-refractivity contribution in [3.8, 4) is 0 Å². The minimum absolute atomic E-state index is 0.509. The van der Waals surface area contributed by atoms with Gasteiger partial charge in [-0.25, -0.2) is 9.97 Å². The molecule has 0 saturated heterocycles. The van der Waals surface area contributed by atoms with Crippen molar-refractivity contribution in [1.29, 1.82) is 0 Å². The Bertz CT molecular complexity index is 251. The van der Waals surface area contributed by atoms with Crippen LogP contribution in [0.3, 0.4) is 0 Å². The Labute approximate surface area is 83.5 Å². The van der Waals surface area contributed by atoms with Gasteiger partial charge in [-0.05, 0) is 19.4 Å². The van der Waals surface area contributed by atoms with Crippen LogP contribution in [0.5, 0.6) is 0 Å². The maximum absolute atomic E-state index is 5.83. The summed E-state index contributed by atoms with van der Waals surface area (Å²) in [6.07, 6.45) is 2.01. The minimum atomic E-state index is 0.509. The number of aromatic nitrogens is 2. The van der Waals surface area contributed by atoms with Crippen LogP contribution in [0.15, 0.2) is 6.07 Å². The molecule has 0 unspecified atom stereocenters. The average Bonchev–Trinajstić information content (AvgIpc) is 2.04. The second-order valence-electron chi connectivity index (χ2n) is 2.79. The lowest BCUT2D eigenvalue weighted by Crippen LogP contribution is -2.04. The quantitative estimate of drug-likeness (QED) is 0.758. The van der Waals surface area contributed by atoms with Crippen molar-refractivity contribution in [1.82, 2.24) is 9.97 Å². The molecular weight excluding hydrogens is 186 g/mol. The monoisotopic (exact) mass is 199 g/mol. The molecule has 0 spiro atoms. The van der Waals surface area contributed by atoms with Crippen LogP contribution in [0.25, 0.3) is 0 Å². The molecule has 0 aromatic carbocycles. The summed E-state index contributed by atoms with van der Waals surface area (Å²) in [4.78, 5) is 8.36. The zero-order valence-electron chi connectivity index (χ0n) is 7.97. The summed E-state index contributed by atoms with van der Waals surface area (Å²) in [6.45, 7) is 4.93. The Morgan fingerprint density at radius 2 is 2.15 bits per heavy atom. The molecule has 0 saturated carbocycles. The fourth-order valence-electron chi connectivity index (χ4n) is 1.09.